The van der Waals surface area contributed by atoms with Crippen molar-refractivity contribution in [1.29, 1.82) is 0 Å². The number of ether oxygens (including phenoxy) is 2. The molecule has 7 heteroatoms. The molecule has 0 unspecified atom stereocenters. The quantitative estimate of drug-likeness (QED) is 0.504. The maximum absolute atomic E-state index is 12.3. The van der Waals surface area contributed by atoms with E-state index in [9.17, 15) is 19.2 Å². The van der Waals surface area contributed by atoms with Crippen molar-refractivity contribution in [3.8, 4) is 5.75 Å². The molecule has 0 bridgehead atoms. The lowest BCUT2D eigenvalue weighted by Gasteiger charge is -2.16. The number of rotatable bonds is 8. The molecule has 7 nitrogen and oxygen atoms in total. The lowest BCUT2D eigenvalue weighted by molar-refractivity contribution is -0.144. The molecule has 2 aromatic rings. The van der Waals surface area contributed by atoms with E-state index in [-0.39, 0.29) is 24.1 Å². The number of carbonyl (C=O) groups is 4. The van der Waals surface area contributed by atoms with Crippen LogP contribution in [-0.2, 0) is 14.3 Å². The van der Waals surface area contributed by atoms with Gasteiger partial charge in [-0.15, -0.1) is 0 Å². The number of amides is 1. The van der Waals surface area contributed by atoms with Gasteiger partial charge in [-0.05, 0) is 49.7 Å². The first kappa shape index (κ1) is 20.3. The lowest BCUT2D eigenvalue weighted by Crippen LogP contribution is -2.24. The van der Waals surface area contributed by atoms with Gasteiger partial charge in [0.25, 0.3) is 0 Å². The van der Waals surface area contributed by atoms with Crippen LogP contribution in [0.15, 0.2) is 48.5 Å². The number of hydrogen-bond donors (Lipinski definition) is 0. The van der Waals surface area contributed by atoms with Gasteiger partial charge in [0.1, 0.15) is 5.75 Å². The fraction of sp³-hybridized carbons (Fsp3) is 0.273. The summed E-state index contributed by atoms with van der Waals surface area (Å²) in [5.74, 6) is -0.652. The molecule has 1 aliphatic rings. The predicted octanol–water partition coefficient (Wildman–Crippen LogP) is 2.82. The van der Waals surface area contributed by atoms with Crippen LogP contribution < -0.4 is 9.64 Å². The molecule has 2 aromatic carbocycles. The molecule has 0 N–H and O–H groups in total. The van der Waals surface area contributed by atoms with Gasteiger partial charge in [0.05, 0.1) is 0 Å². The maximum Gasteiger partial charge on any atom is 0.344 e. The number of nitrogens with zero attached hydrogens (tertiary/aromatic N) is 1. The van der Waals surface area contributed by atoms with Crippen LogP contribution in [0.1, 0.15) is 40.5 Å². The molecule has 1 amide bonds. The minimum Gasteiger partial charge on any atom is -0.482 e. The van der Waals surface area contributed by atoms with E-state index in [2.05, 4.69) is 0 Å². The van der Waals surface area contributed by atoms with Gasteiger partial charge in [-0.1, -0.05) is 12.1 Å². The molecule has 0 atom stereocenters. The van der Waals surface area contributed by atoms with E-state index in [1.165, 1.54) is 6.92 Å². The fourth-order valence-corrected chi connectivity index (χ4v) is 2.97. The summed E-state index contributed by atoms with van der Waals surface area (Å²) in [5, 5.41) is 0. The average molecular weight is 395 g/mol. The molecule has 1 saturated heterocycles. The number of anilines is 1. The van der Waals surface area contributed by atoms with Crippen molar-refractivity contribution < 1.29 is 28.7 Å². The summed E-state index contributed by atoms with van der Waals surface area (Å²) in [6.07, 6.45) is 1.30. The van der Waals surface area contributed by atoms with Gasteiger partial charge >= 0.3 is 5.97 Å². The van der Waals surface area contributed by atoms with Crippen LogP contribution in [0.3, 0.4) is 0 Å². The van der Waals surface area contributed by atoms with Gasteiger partial charge < -0.3 is 14.4 Å². The zero-order valence-corrected chi connectivity index (χ0v) is 16.1. The Bertz CT molecular complexity index is 935. The number of hydrogen-bond acceptors (Lipinski definition) is 6. The smallest absolute Gasteiger partial charge is 0.344 e. The van der Waals surface area contributed by atoms with Crippen LogP contribution in [0.2, 0.25) is 0 Å². The van der Waals surface area contributed by atoms with Crippen LogP contribution in [0, 0.1) is 0 Å². The summed E-state index contributed by atoms with van der Waals surface area (Å²) in [7, 11) is 0. The molecule has 29 heavy (non-hydrogen) atoms. The number of benzene rings is 2. The Balaban J connectivity index is 1.49. The molecule has 0 aliphatic carbocycles. The molecule has 0 saturated carbocycles. The van der Waals surface area contributed by atoms with Crippen LogP contribution in [0.25, 0.3) is 0 Å². The van der Waals surface area contributed by atoms with Gasteiger partial charge in [0.15, 0.2) is 24.8 Å². The third kappa shape index (κ3) is 5.28. The summed E-state index contributed by atoms with van der Waals surface area (Å²) in [6.45, 7) is 1.33. The molecule has 3 rings (SSSR count). The highest BCUT2D eigenvalue weighted by molar-refractivity contribution is 6.01. The largest absolute Gasteiger partial charge is 0.482 e. The fourth-order valence-electron chi connectivity index (χ4n) is 2.97. The highest BCUT2D eigenvalue weighted by Crippen LogP contribution is 2.22. The zero-order chi connectivity index (χ0) is 20.8. The summed E-state index contributed by atoms with van der Waals surface area (Å²) in [5.41, 5.74) is 1.58. The molecular weight excluding hydrogens is 374 g/mol. The third-order valence-electron chi connectivity index (χ3n) is 4.53. The number of ketones is 2. The van der Waals surface area contributed by atoms with Gasteiger partial charge in [0.2, 0.25) is 5.91 Å². The van der Waals surface area contributed by atoms with Crippen LogP contribution >= 0.6 is 0 Å². The summed E-state index contributed by atoms with van der Waals surface area (Å²) in [4.78, 5) is 48.9. The maximum atomic E-state index is 12.3. The van der Waals surface area contributed by atoms with Crippen molar-refractivity contribution in [2.75, 3.05) is 24.7 Å². The average Bonchev–Trinajstić information content (AvgIpc) is 3.16. The molecule has 0 radical (unpaired) electrons. The highest BCUT2D eigenvalue weighted by Gasteiger charge is 2.22. The Hall–Kier alpha value is -3.48. The molecule has 1 aliphatic heterocycles. The standard InChI is InChI=1S/C22H21NO6/c1-15(24)16-7-9-19(10-8-16)28-14-22(27)29-13-20(25)17-4-2-5-18(12-17)23-11-3-6-21(23)26/h2,4-5,7-10,12H,3,6,11,13-14H2,1H3. The van der Waals surface area contributed by atoms with E-state index >= 15 is 0 Å². The first-order valence-electron chi connectivity index (χ1n) is 9.27. The van der Waals surface area contributed by atoms with E-state index in [0.717, 1.165) is 6.42 Å². The van der Waals surface area contributed by atoms with Crippen molar-refractivity contribution in [1.82, 2.24) is 0 Å². The minimum atomic E-state index is -0.681. The van der Waals surface area contributed by atoms with Crippen LogP contribution in [0.5, 0.6) is 5.75 Å². The second kappa shape index (κ2) is 9.14. The SMILES string of the molecule is CC(=O)c1ccc(OCC(=O)OCC(=O)c2cccc(N3CCCC3=O)c2)cc1. The summed E-state index contributed by atoms with van der Waals surface area (Å²) < 4.78 is 10.3. The minimum absolute atomic E-state index is 0.0366. The van der Waals surface area contributed by atoms with Crippen molar-refractivity contribution in [3.05, 3.63) is 59.7 Å². The van der Waals surface area contributed by atoms with Crippen LogP contribution in [0.4, 0.5) is 5.69 Å². The second-order valence-electron chi connectivity index (χ2n) is 6.65. The first-order chi connectivity index (χ1) is 13.9. The number of carbonyl (C=O) groups excluding carboxylic acids is 4. The normalized spacial score (nSPS) is 13.3. The molecule has 1 fully saturated rings. The van der Waals surface area contributed by atoms with Crippen molar-refractivity contribution in [2.45, 2.75) is 19.8 Å². The second-order valence-corrected chi connectivity index (χ2v) is 6.65. The van der Waals surface area contributed by atoms with E-state index in [4.69, 9.17) is 9.47 Å². The van der Waals surface area contributed by atoms with E-state index in [0.29, 0.717) is 35.5 Å². The Morgan fingerprint density at radius 2 is 1.76 bits per heavy atom. The summed E-state index contributed by atoms with van der Waals surface area (Å²) >= 11 is 0. The highest BCUT2D eigenvalue weighted by atomic mass is 16.6. The van der Waals surface area contributed by atoms with Gasteiger partial charge in [0, 0.05) is 29.8 Å². The Morgan fingerprint density at radius 1 is 1.00 bits per heavy atom. The van der Waals surface area contributed by atoms with E-state index < -0.39 is 12.6 Å². The van der Waals surface area contributed by atoms with Crippen LogP contribution in [-0.4, -0.2) is 43.2 Å². The predicted molar refractivity (Wildman–Crippen MR) is 105 cm³/mol. The molecule has 1 heterocycles. The molecule has 0 aromatic heterocycles. The lowest BCUT2D eigenvalue weighted by atomic mass is 10.1. The monoisotopic (exact) mass is 395 g/mol. The van der Waals surface area contributed by atoms with Crippen molar-refractivity contribution in [2.24, 2.45) is 0 Å². The number of Topliss-reactive ketones (excluding diaryl/α,β-unsaturated/α-hetero) is 2. The summed E-state index contributed by atoms with van der Waals surface area (Å²) in [6, 6.07) is 13.1. The van der Waals surface area contributed by atoms with Gasteiger partial charge in [-0.3, -0.25) is 14.4 Å². The van der Waals surface area contributed by atoms with E-state index in [1.807, 2.05) is 0 Å². The van der Waals surface area contributed by atoms with Crippen molar-refractivity contribution >= 4 is 29.1 Å². The topological polar surface area (TPSA) is 90.0 Å². The molecule has 150 valence electrons. The van der Waals surface area contributed by atoms with Gasteiger partial charge in [-0.2, -0.15) is 0 Å². The molecular formula is C22H21NO6. The van der Waals surface area contributed by atoms with Crippen molar-refractivity contribution in [3.63, 3.8) is 0 Å². The van der Waals surface area contributed by atoms with Gasteiger partial charge in [-0.25, -0.2) is 4.79 Å². The number of esters is 1. The first-order valence-corrected chi connectivity index (χ1v) is 9.27. The van der Waals surface area contributed by atoms with E-state index in [1.54, 1.807) is 53.4 Å². The Morgan fingerprint density at radius 3 is 2.41 bits per heavy atom. The Kier molecular flexibility index (Phi) is 6.39. The Labute approximate surface area is 168 Å². The zero-order valence-electron chi connectivity index (χ0n) is 16.1. The molecule has 0 spiro atoms. The third-order valence-corrected chi connectivity index (χ3v) is 4.53.